The molecular weight excluding hydrogens is 899 g/mol. The fourth-order valence-corrected chi connectivity index (χ4v) is 9.30. The number of carbonyl (C=O) groups is 3. The Kier molecular flexibility index (Phi) is 15.1. The van der Waals surface area contributed by atoms with Crippen molar-refractivity contribution in [1.29, 1.82) is 0 Å². The Balaban J connectivity index is 0.865. The quantitative estimate of drug-likeness (QED) is 0.0718. The van der Waals surface area contributed by atoms with Crippen LogP contribution in [0, 0.1) is 12.3 Å². The Morgan fingerprint density at radius 1 is 0.985 bits per heavy atom. The molecule has 1 saturated heterocycles. The SMILES string of the molecule is CCS(=O)(=O)Nc1ccc(-c2nn(C)c3c(-c4cnn(CCOCCOCC(=O)N[C@H](C(=O)N5C[C@H](O)C[C@H]5C(=O)NCc5ccc(-c6scnc6C)cc5)C(C)(C)C)c4)cnc(N)c23)cc1. The summed E-state index contributed by atoms with van der Waals surface area (Å²) >= 11 is 1.57. The fourth-order valence-electron chi connectivity index (χ4n) is 7.85. The van der Waals surface area contributed by atoms with Crippen molar-refractivity contribution in [2.75, 3.05) is 49.2 Å². The Morgan fingerprint density at radius 2 is 1.70 bits per heavy atom. The number of hydrogen-bond donors (Lipinski definition) is 5. The number of β-amino-alcohol motifs (C(OH)–C–C–N with tert-alkyl or cyclic N) is 1. The molecule has 0 spiro atoms. The van der Waals surface area contributed by atoms with E-state index in [9.17, 15) is 27.9 Å². The summed E-state index contributed by atoms with van der Waals surface area (Å²) in [6, 6.07) is 12.9. The highest BCUT2D eigenvalue weighted by molar-refractivity contribution is 7.92. The van der Waals surface area contributed by atoms with Gasteiger partial charge < -0.3 is 35.8 Å². The molecule has 1 fully saturated rings. The fraction of sp³-hybridized carbons (Fsp3) is 0.413. The minimum Gasteiger partial charge on any atom is -0.391 e. The maximum absolute atomic E-state index is 14.0. The first-order chi connectivity index (χ1) is 31.9. The van der Waals surface area contributed by atoms with Crippen LogP contribution >= 0.6 is 11.3 Å². The summed E-state index contributed by atoms with van der Waals surface area (Å²) in [6.45, 7) is 9.95. The highest BCUT2D eigenvalue weighted by Crippen LogP contribution is 2.37. The number of aliphatic hydroxyl groups is 1. The number of pyridine rings is 1. The van der Waals surface area contributed by atoms with Crippen molar-refractivity contribution in [3.8, 4) is 32.8 Å². The molecule has 2 aromatic carbocycles. The number of carbonyl (C=O) groups excluding carboxylic acids is 3. The maximum atomic E-state index is 14.0. The second-order valence-corrected chi connectivity index (χ2v) is 20.3. The van der Waals surface area contributed by atoms with Crippen LogP contribution in [0.4, 0.5) is 11.5 Å². The van der Waals surface area contributed by atoms with Crippen molar-refractivity contribution in [3.05, 3.63) is 83.9 Å². The van der Waals surface area contributed by atoms with Gasteiger partial charge in [-0.1, -0.05) is 57.2 Å². The number of ether oxygens (including phenoxy) is 2. The normalized spacial score (nSPS) is 15.8. The Labute approximate surface area is 393 Å². The third kappa shape index (κ3) is 11.7. The summed E-state index contributed by atoms with van der Waals surface area (Å²) in [5.41, 5.74) is 14.5. The van der Waals surface area contributed by atoms with Gasteiger partial charge in [-0.25, -0.2) is 18.4 Å². The number of fused-ring (bicyclic) bond motifs is 1. The van der Waals surface area contributed by atoms with Crippen molar-refractivity contribution in [2.24, 2.45) is 12.5 Å². The number of aromatic nitrogens is 6. The number of nitrogens with two attached hydrogens (primary N) is 1. The predicted octanol–water partition coefficient (Wildman–Crippen LogP) is 4.12. The number of amides is 3. The van der Waals surface area contributed by atoms with E-state index in [4.69, 9.17) is 20.3 Å². The summed E-state index contributed by atoms with van der Waals surface area (Å²) in [7, 11) is -1.60. The summed E-state index contributed by atoms with van der Waals surface area (Å²) < 4.78 is 41.4. The summed E-state index contributed by atoms with van der Waals surface area (Å²) in [5, 5.41) is 26.2. The molecule has 7 rings (SSSR count). The lowest BCUT2D eigenvalue weighted by Crippen LogP contribution is -2.58. The van der Waals surface area contributed by atoms with Gasteiger partial charge in [0.25, 0.3) is 0 Å². The van der Waals surface area contributed by atoms with E-state index in [1.165, 1.54) is 4.90 Å². The number of nitrogens with one attached hydrogen (secondary N) is 3. The van der Waals surface area contributed by atoms with Crippen LogP contribution in [0.15, 0.2) is 72.6 Å². The summed E-state index contributed by atoms with van der Waals surface area (Å²) in [5.74, 6) is -1.08. The van der Waals surface area contributed by atoms with Crippen LogP contribution in [0.3, 0.4) is 0 Å². The summed E-state index contributed by atoms with van der Waals surface area (Å²) in [4.78, 5) is 51.8. The molecule has 4 aromatic heterocycles. The molecule has 3 atom stereocenters. The lowest BCUT2D eigenvalue weighted by Gasteiger charge is -2.35. The van der Waals surface area contributed by atoms with Crippen LogP contribution in [-0.4, -0.2) is 123 Å². The first-order valence-electron chi connectivity index (χ1n) is 21.9. The van der Waals surface area contributed by atoms with E-state index in [-0.39, 0.29) is 51.0 Å². The second kappa shape index (κ2) is 20.7. The molecule has 6 N–H and O–H groups in total. The molecule has 356 valence electrons. The minimum absolute atomic E-state index is 0.0314. The van der Waals surface area contributed by atoms with Crippen molar-refractivity contribution in [1.82, 2.24) is 45.1 Å². The molecule has 21 heteroatoms. The van der Waals surface area contributed by atoms with Crippen LogP contribution < -0.4 is 21.1 Å². The molecule has 3 amide bonds. The van der Waals surface area contributed by atoms with Gasteiger partial charge in [-0.2, -0.15) is 10.2 Å². The third-order valence-electron chi connectivity index (χ3n) is 11.4. The molecule has 1 aliphatic rings. The first kappa shape index (κ1) is 48.7. The zero-order valence-corrected chi connectivity index (χ0v) is 40.0. The van der Waals surface area contributed by atoms with Crippen molar-refractivity contribution in [3.63, 3.8) is 0 Å². The van der Waals surface area contributed by atoms with Gasteiger partial charge in [0.1, 0.15) is 30.2 Å². The number of likely N-dealkylation sites (tertiary alicyclic amines) is 1. The monoisotopic (exact) mass is 955 g/mol. The summed E-state index contributed by atoms with van der Waals surface area (Å²) in [6.07, 6.45) is 4.46. The molecule has 67 heavy (non-hydrogen) atoms. The number of hydrogen-bond acceptors (Lipinski definition) is 14. The Bertz CT molecular complexity index is 2820. The molecule has 0 radical (unpaired) electrons. The van der Waals surface area contributed by atoms with E-state index in [0.29, 0.717) is 35.7 Å². The lowest BCUT2D eigenvalue weighted by molar-refractivity contribution is -0.144. The largest absolute Gasteiger partial charge is 0.391 e. The lowest BCUT2D eigenvalue weighted by atomic mass is 9.85. The number of sulfonamides is 1. The zero-order valence-electron chi connectivity index (χ0n) is 38.4. The van der Waals surface area contributed by atoms with Crippen molar-refractivity contribution in [2.45, 2.75) is 72.3 Å². The zero-order chi connectivity index (χ0) is 48.0. The molecular formula is C46H57N11O8S2. The van der Waals surface area contributed by atoms with E-state index in [0.717, 1.165) is 43.9 Å². The highest BCUT2D eigenvalue weighted by atomic mass is 32.2. The van der Waals surface area contributed by atoms with Crippen LogP contribution in [0.5, 0.6) is 0 Å². The number of aliphatic hydroxyl groups excluding tert-OH is 1. The Hall–Kier alpha value is -6.26. The van der Waals surface area contributed by atoms with Gasteiger partial charge in [-0.05, 0) is 42.5 Å². The average Bonchev–Trinajstić information content (AvgIpc) is 4.11. The molecule has 0 saturated carbocycles. The smallest absolute Gasteiger partial charge is 0.246 e. The van der Waals surface area contributed by atoms with Gasteiger partial charge in [-0.15, -0.1) is 11.3 Å². The van der Waals surface area contributed by atoms with Gasteiger partial charge in [0, 0.05) is 61.3 Å². The third-order valence-corrected chi connectivity index (χ3v) is 13.7. The first-order valence-corrected chi connectivity index (χ1v) is 24.4. The van der Waals surface area contributed by atoms with Gasteiger partial charge in [0.2, 0.25) is 27.7 Å². The van der Waals surface area contributed by atoms with Crippen molar-refractivity contribution < 1.29 is 37.4 Å². The topological polar surface area (TPSA) is 251 Å². The molecule has 0 aliphatic carbocycles. The van der Waals surface area contributed by atoms with E-state index < -0.39 is 45.4 Å². The molecule has 0 bridgehead atoms. The predicted molar refractivity (Wildman–Crippen MR) is 256 cm³/mol. The standard InChI is InChI=1S/C46H57N11O8S2/c1-7-67(62,63)54-33-14-12-30(13-15-33)39-38-40(55(6)53-39)35(23-48-43(38)47)32-22-51-56(24-32)16-17-64-18-19-65-26-37(59)52-42(46(3,4)5)45(61)57-25-34(58)20-36(57)44(60)49-21-29-8-10-31(11-9-29)41-28(2)50-27-66-41/h8-15,22-24,27,34,36,42,54,58H,7,16-21,25-26H2,1-6H3,(H2,47,48)(H,49,60)(H,52,59)/t34-,36+,42-/m1/s1. The number of benzene rings is 2. The van der Waals surface area contributed by atoms with Gasteiger partial charge in [0.05, 0.1) is 71.4 Å². The number of nitrogens with zero attached hydrogens (tertiary/aromatic N) is 7. The minimum atomic E-state index is -3.42. The number of rotatable bonds is 19. The molecule has 19 nitrogen and oxygen atoms in total. The number of aryl methyl sites for hydroxylation is 2. The van der Waals surface area contributed by atoms with Crippen LogP contribution in [0.1, 0.15) is 45.4 Å². The van der Waals surface area contributed by atoms with Gasteiger partial charge in [0.15, 0.2) is 0 Å². The van der Waals surface area contributed by atoms with Crippen LogP contribution in [0.2, 0.25) is 0 Å². The molecule has 1 aliphatic heterocycles. The number of nitrogen functional groups attached to an aromatic ring is 1. The average molecular weight is 956 g/mol. The second-order valence-electron chi connectivity index (χ2n) is 17.4. The van der Waals surface area contributed by atoms with Crippen molar-refractivity contribution >= 4 is 61.5 Å². The number of thiazole rings is 1. The van der Waals surface area contributed by atoms with Gasteiger partial charge >= 0.3 is 0 Å². The van der Waals surface area contributed by atoms with Gasteiger partial charge in [-0.3, -0.25) is 28.5 Å². The Morgan fingerprint density at radius 3 is 2.39 bits per heavy atom. The maximum Gasteiger partial charge on any atom is 0.246 e. The van der Waals surface area contributed by atoms with E-state index in [1.54, 1.807) is 69.8 Å². The highest BCUT2D eigenvalue weighted by Gasteiger charge is 2.44. The van der Waals surface area contributed by atoms with E-state index >= 15 is 0 Å². The van der Waals surface area contributed by atoms with E-state index in [1.807, 2.05) is 65.2 Å². The molecule has 6 aromatic rings. The van der Waals surface area contributed by atoms with Crippen LogP contribution in [0.25, 0.3) is 43.7 Å². The number of anilines is 2. The molecule has 0 unspecified atom stereocenters. The van der Waals surface area contributed by atoms with Crippen LogP contribution in [-0.2, 0) is 54.0 Å². The van der Waals surface area contributed by atoms with E-state index in [2.05, 4.69) is 30.4 Å². The molecule has 5 heterocycles.